The number of benzene rings is 9. The van der Waals surface area contributed by atoms with Crippen LogP contribution in [-0.4, -0.2) is 9.55 Å². The Labute approximate surface area is 320 Å². The fourth-order valence-corrected chi connectivity index (χ4v) is 8.84. The van der Waals surface area contributed by atoms with Crippen LogP contribution in [0.1, 0.15) is 23.7 Å². The zero-order chi connectivity index (χ0) is 36.3. The number of aromatic nitrogens is 2. The second-order valence-corrected chi connectivity index (χ2v) is 14.7. The lowest BCUT2D eigenvalue weighted by molar-refractivity contribution is 0.760. The van der Waals surface area contributed by atoms with Crippen LogP contribution in [0, 0.1) is 0 Å². The summed E-state index contributed by atoms with van der Waals surface area (Å²) < 4.78 is 2.36. The Morgan fingerprint density at radius 1 is 0.455 bits per heavy atom. The molecule has 1 atom stereocenters. The number of rotatable bonds is 5. The van der Waals surface area contributed by atoms with Gasteiger partial charge in [-0.2, -0.15) is 0 Å². The maximum atomic E-state index is 5.25. The molecule has 0 aliphatic heterocycles. The molecule has 1 unspecified atom stereocenters. The van der Waals surface area contributed by atoms with E-state index in [0.29, 0.717) is 0 Å². The van der Waals surface area contributed by atoms with Crippen LogP contribution < -0.4 is 0 Å². The Morgan fingerprint density at radius 3 is 1.84 bits per heavy atom. The van der Waals surface area contributed by atoms with E-state index in [4.69, 9.17) is 4.98 Å². The average Bonchev–Trinajstić information content (AvgIpc) is 3.65. The number of hydrogen-bond donors (Lipinski definition) is 0. The molecule has 0 radical (unpaired) electrons. The number of imidazole rings is 1. The summed E-state index contributed by atoms with van der Waals surface area (Å²) in [4.78, 5) is 5.25. The minimum absolute atomic E-state index is 0.143. The van der Waals surface area contributed by atoms with E-state index in [1.165, 1.54) is 76.5 Å². The first kappa shape index (κ1) is 31.5. The van der Waals surface area contributed by atoms with E-state index in [2.05, 4.69) is 205 Å². The molecule has 1 aromatic heterocycles. The molecule has 55 heavy (non-hydrogen) atoms. The van der Waals surface area contributed by atoms with Crippen molar-refractivity contribution in [3.05, 3.63) is 212 Å². The molecule has 0 fully saturated rings. The number of para-hydroxylation sites is 2. The maximum Gasteiger partial charge on any atom is 0.121 e. The van der Waals surface area contributed by atoms with Crippen molar-refractivity contribution >= 4 is 59.7 Å². The van der Waals surface area contributed by atoms with Crippen LogP contribution in [0.15, 0.2) is 200 Å². The van der Waals surface area contributed by atoms with Crippen LogP contribution in [0.25, 0.3) is 87.6 Å². The summed E-state index contributed by atoms with van der Waals surface area (Å²) in [5.41, 5.74) is 10.8. The monoisotopic (exact) mass is 700 g/mol. The molecule has 9 aromatic carbocycles. The van der Waals surface area contributed by atoms with Crippen molar-refractivity contribution in [2.24, 2.45) is 0 Å². The molecule has 0 spiro atoms. The zero-order valence-corrected chi connectivity index (χ0v) is 30.2. The quantitative estimate of drug-likeness (QED) is 0.163. The number of allylic oxidation sites excluding steroid dienone is 4. The molecule has 0 saturated heterocycles. The van der Waals surface area contributed by atoms with Crippen molar-refractivity contribution in [1.29, 1.82) is 0 Å². The van der Waals surface area contributed by atoms with E-state index in [1.54, 1.807) is 0 Å². The molecule has 0 bridgehead atoms. The van der Waals surface area contributed by atoms with E-state index in [9.17, 15) is 0 Å². The molecule has 258 valence electrons. The Bertz CT molecular complexity index is 3180. The van der Waals surface area contributed by atoms with Gasteiger partial charge in [0.15, 0.2) is 0 Å². The highest BCUT2D eigenvalue weighted by molar-refractivity contribution is 6.22. The Balaban J connectivity index is 1.05. The van der Waals surface area contributed by atoms with Gasteiger partial charge in [-0.1, -0.05) is 164 Å². The topological polar surface area (TPSA) is 17.8 Å². The molecule has 2 heteroatoms. The molecule has 2 nitrogen and oxygen atoms in total. The van der Waals surface area contributed by atoms with Gasteiger partial charge in [-0.3, -0.25) is 4.57 Å². The van der Waals surface area contributed by atoms with E-state index in [-0.39, 0.29) is 5.92 Å². The maximum absolute atomic E-state index is 5.25. The van der Waals surface area contributed by atoms with Gasteiger partial charge >= 0.3 is 0 Å². The molecule has 0 saturated carbocycles. The fraction of sp³-hybridized carbons (Fsp3) is 0.0377. The van der Waals surface area contributed by atoms with Crippen molar-refractivity contribution in [2.75, 3.05) is 0 Å². The van der Waals surface area contributed by atoms with Crippen LogP contribution in [0.3, 0.4) is 0 Å². The van der Waals surface area contributed by atoms with E-state index < -0.39 is 0 Å². The average molecular weight is 701 g/mol. The van der Waals surface area contributed by atoms with Gasteiger partial charge in [0.2, 0.25) is 0 Å². The van der Waals surface area contributed by atoms with Gasteiger partial charge < -0.3 is 0 Å². The molecule has 1 heterocycles. The fourth-order valence-electron chi connectivity index (χ4n) is 8.84. The summed E-state index contributed by atoms with van der Waals surface area (Å²) >= 11 is 0. The number of nitrogens with zero attached hydrogens (tertiary/aromatic N) is 2. The summed E-state index contributed by atoms with van der Waals surface area (Å²) in [6.07, 6.45) is 7.95. The van der Waals surface area contributed by atoms with Crippen molar-refractivity contribution in [3.63, 3.8) is 0 Å². The SMILES string of the molecule is C1=CC(c2nc3ccccc3n2-c2ccc3ccccc3c2)CC=C1c1ccc2c(-c3ccccc3)c3ccccc3c(-c3ccc4ccccc4c3)c2c1. The van der Waals surface area contributed by atoms with E-state index in [1.807, 2.05) is 0 Å². The summed E-state index contributed by atoms with van der Waals surface area (Å²) in [5, 5.41) is 10.0. The highest BCUT2D eigenvalue weighted by atomic mass is 15.1. The normalized spacial score (nSPS) is 14.3. The van der Waals surface area contributed by atoms with Gasteiger partial charge in [-0.25, -0.2) is 4.98 Å². The second-order valence-electron chi connectivity index (χ2n) is 14.7. The summed E-state index contributed by atoms with van der Waals surface area (Å²) in [6, 6.07) is 66.3. The summed E-state index contributed by atoms with van der Waals surface area (Å²) in [6.45, 7) is 0. The summed E-state index contributed by atoms with van der Waals surface area (Å²) in [7, 11) is 0. The smallest absolute Gasteiger partial charge is 0.121 e. The van der Waals surface area contributed by atoms with Gasteiger partial charge in [0.1, 0.15) is 5.82 Å². The molecular weight excluding hydrogens is 665 g/mol. The van der Waals surface area contributed by atoms with Crippen LogP contribution in [0.5, 0.6) is 0 Å². The molecule has 1 aliphatic carbocycles. The molecule has 11 rings (SSSR count). The molecule has 1 aliphatic rings. The van der Waals surface area contributed by atoms with Crippen LogP contribution in [0.4, 0.5) is 0 Å². The zero-order valence-electron chi connectivity index (χ0n) is 30.2. The van der Waals surface area contributed by atoms with E-state index in [0.717, 1.165) is 29.0 Å². The van der Waals surface area contributed by atoms with Crippen LogP contribution in [-0.2, 0) is 0 Å². The first-order valence-electron chi connectivity index (χ1n) is 19.2. The lowest BCUT2D eigenvalue weighted by Crippen LogP contribution is -2.08. The number of hydrogen-bond acceptors (Lipinski definition) is 1. The third-order valence-electron chi connectivity index (χ3n) is 11.5. The first-order chi connectivity index (χ1) is 27.3. The summed E-state index contributed by atoms with van der Waals surface area (Å²) in [5.74, 6) is 1.21. The Hall–Kier alpha value is -7.03. The molecule has 10 aromatic rings. The van der Waals surface area contributed by atoms with Gasteiger partial charge in [0.25, 0.3) is 0 Å². The Morgan fingerprint density at radius 2 is 1.07 bits per heavy atom. The van der Waals surface area contributed by atoms with Crippen molar-refractivity contribution in [2.45, 2.75) is 12.3 Å². The largest absolute Gasteiger partial charge is 0.296 e. The number of fused-ring (bicyclic) bond motifs is 5. The third kappa shape index (κ3) is 5.29. The highest BCUT2D eigenvalue weighted by Gasteiger charge is 2.23. The minimum atomic E-state index is 0.143. The van der Waals surface area contributed by atoms with Gasteiger partial charge in [0, 0.05) is 11.6 Å². The predicted molar refractivity (Wildman–Crippen MR) is 233 cm³/mol. The van der Waals surface area contributed by atoms with Gasteiger partial charge in [0.05, 0.1) is 11.0 Å². The van der Waals surface area contributed by atoms with Gasteiger partial charge in [-0.05, 0) is 119 Å². The predicted octanol–water partition coefficient (Wildman–Crippen LogP) is 14.1. The molecule has 0 amide bonds. The second kappa shape index (κ2) is 12.8. The van der Waals surface area contributed by atoms with Crippen molar-refractivity contribution in [1.82, 2.24) is 9.55 Å². The van der Waals surface area contributed by atoms with Crippen molar-refractivity contribution in [3.8, 4) is 27.9 Å². The highest BCUT2D eigenvalue weighted by Crippen LogP contribution is 2.45. The molecular formula is C53H36N2. The first-order valence-corrected chi connectivity index (χ1v) is 19.2. The lowest BCUT2D eigenvalue weighted by Gasteiger charge is -2.21. The Kier molecular flexibility index (Phi) is 7.34. The van der Waals surface area contributed by atoms with Crippen LogP contribution in [0.2, 0.25) is 0 Å². The van der Waals surface area contributed by atoms with Gasteiger partial charge in [-0.15, -0.1) is 0 Å². The lowest BCUT2D eigenvalue weighted by atomic mass is 9.84. The van der Waals surface area contributed by atoms with Crippen LogP contribution >= 0.6 is 0 Å². The van der Waals surface area contributed by atoms with Crippen molar-refractivity contribution < 1.29 is 0 Å². The van der Waals surface area contributed by atoms with E-state index >= 15 is 0 Å². The standard InChI is InChI=1S/C53H36N2/c1-2-14-38(15-3-1)51-45-18-8-9-19-46(45)52(43-27-24-35-12-4-6-16-40(35)32-43)48-34-42(29-31-47(48)51)37-22-25-39(26-23-37)53-54-49-20-10-11-21-50(49)55(53)44-30-28-36-13-5-7-17-41(36)33-44/h1-25,27-34,39H,26H2. The third-order valence-corrected chi connectivity index (χ3v) is 11.5. The minimum Gasteiger partial charge on any atom is -0.296 e. The molecule has 0 N–H and O–H groups in total.